The number of amides is 3. The Morgan fingerprint density at radius 3 is 2.33 bits per heavy atom. The van der Waals surface area contributed by atoms with Gasteiger partial charge in [0.2, 0.25) is 5.91 Å². The predicted molar refractivity (Wildman–Crippen MR) is 153 cm³/mol. The van der Waals surface area contributed by atoms with Crippen molar-refractivity contribution in [3.05, 3.63) is 24.3 Å². The van der Waals surface area contributed by atoms with E-state index < -0.39 is 53.2 Å². The van der Waals surface area contributed by atoms with Crippen LogP contribution in [0, 0.1) is 29.1 Å². The van der Waals surface area contributed by atoms with Crippen molar-refractivity contribution < 1.29 is 33.8 Å². The molecule has 4 atom stereocenters. The van der Waals surface area contributed by atoms with Crippen LogP contribution in [0.5, 0.6) is 0 Å². The molecular formula is C30H45N5O7. The quantitative estimate of drug-likeness (QED) is 0.352. The summed E-state index contributed by atoms with van der Waals surface area (Å²) in [6, 6.07) is -1.63. The van der Waals surface area contributed by atoms with E-state index in [-0.39, 0.29) is 49.4 Å². The van der Waals surface area contributed by atoms with Crippen molar-refractivity contribution in [1.29, 1.82) is 0 Å². The molecule has 0 radical (unpaired) electrons. The number of likely N-dealkylation sites (tertiary alicyclic amines) is 1. The maximum absolute atomic E-state index is 13.9. The lowest BCUT2D eigenvalue weighted by Crippen LogP contribution is -2.51. The van der Waals surface area contributed by atoms with Crippen LogP contribution in [-0.4, -0.2) is 81.4 Å². The molecule has 3 N–H and O–H groups in total. The van der Waals surface area contributed by atoms with E-state index in [0.717, 1.165) is 32.1 Å². The molecule has 12 heteroatoms. The van der Waals surface area contributed by atoms with Gasteiger partial charge in [0.25, 0.3) is 5.91 Å². The van der Waals surface area contributed by atoms with Crippen molar-refractivity contribution in [2.45, 2.75) is 85.2 Å². The molecule has 3 rings (SSSR count). The van der Waals surface area contributed by atoms with Crippen LogP contribution in [-0.2, 0) is 19.1 Å². The zero-order valence-electron chi connectivity index (χ0n) is 25.3. The zero-order chi connectivity index (χ0) is 31.0. The van der Waals surface area contributed by atoms with E-state index in [1.807, 2.05) is 34.6 Å². The molecule has 1 saturated heterocycles. The van der Waals surface area contributed by atoms with Crippen molar-refractivity contribution in [1.82, 2.24) is 25.5 Å². The van der Waals surface area contributed by atoms with Gasteiger partial charge in [0.15, 0.2) is 5.78 Å². The lowest BCUT2D eigenvalue weighted by atomic mass is 9.74. The number of hydrogen-bond donors (Lipinski definition) is 3. The van der Waals surface area contributed by atoms with Gasteiger partial charge in [-0.2, -0.15) is 0 Å². The van der Waals surface area contributed by atoms with Gasteiger partial charge in [-0.25, -0.2) is 9.78 Å². The largest absolute Gasteiger partial charge is 0.481 e. The summed E-state index contributed by atoms with van der Waals surface area (Å²) in [6.45, 7) is 9.43. The summed E-state index contributed by atoms with van der Waals surface area (Å²) in [5.41, 5.74) is -0.549. The molecule has 0 aromatic carbocycles. The molecule has 0 bridgehead atoms. The Balaban J connectivity index is 1.76. The van der Waals surface area contributed by atoms with Crippen LogP contribution in [0.25, 0.3) is 0 Å². The number of hydrogen-bond acceptors (Lipinski definition) is 8. The highest BCUT2D eigenvalue weighted by molar-refractivity contribution is 5.97. The molecular weight excluding hydrogens is 542 g/mol. The highest BCUT2D eigenvalue weighted by atomic mass is 16.6. The summed E-state index contributed by atoms with van der Waals surface area (Å²) in [5, 5.41) is 15.5. The molecule has 42 heavy (non-hydrogen) atoms. The number of rotatable bonds is 11. The Labute approximate surface area is 247 Å². The first-order chi connectivity index (χ1) is 19.8. The Hall–Kier alpha value is -3.57. The molecule has 0 unspecified atom stereocenters. The van der Waals surface area contributed by atoms with Crippen LogP contribution in [0.2, 0.25) is 0 Å². The minimum atomic E-state index is -1.13. The van der Waals surface area contributed by atoms with Crippen LogP contribution in [0.1, 0.15) is 83.6 Å². The topological polar surface area (TPSA) is 168 Å². The minimum Gasteiger partial charge on any atom is -0.481 e. The van der Waals surface area contributed by atoms with Gasteiger partial charge < -0.3 is 25.4 Å². The second-order valence-corrected chi connectivity index (χ2v) is 13.0. The molecule has 0 spiro atoms. The SMILES string of the molecule is CC(C)COC(=O)N1C[C@H](NC(=O)[C@@H](CC(=O)[C@@H](NC(=O)c2cnccn2)C2CCCCC2)C(C)(C)C)[C@H](C(=O)O)C1. The zero-order valence-corrected chi connectivity index (χ0v) is 25.3. The third-order valence-corrected chi connectivity index (χ3v) is 8.08. The number of carboxylic acid groups (broad SMARTS) is 1. The molecule has 3 amide bonds. The number of nitrogens with one attached hydrogen (secondary N) is 2. The monoisotopic (exact) mass is 587 g/mol. The van der Waals surface area contributed by atoms with Crippen molar-refractivity contribution in [3.63, 3.8) is 0 Å². The molecule has 1 saturated carbocycles. The van der Waals surface area contributed by atoms with Crippen LogP contribution in [0.4, 0.5) is 4.79 Å². The Morgan fingerprint density at radius 1 is 1.07 bits per heavy atom. The average molecular weight is 588 g/mol. The fourth-order valence-corrected chi connectivity index (χ4v) is 5.64. The molecule has 1 aliphatic heterocycles. The molecule has 2 heterocycles. The summed E-state index contributed by atoms with van der Waals surface area (Å²) in [6.07, 6.45) is 7.99. The van der Waals surface area contributed by atoms with Gasteiger partial charge in [-0.1, -0.05) is 53.9 Å². The maximum atomic E-state index is 13.9. The van der Waals surface area contributed by atoms with Gasteiger partial charge in [0.05, 0.1) is 30.8 Å². The summed E-state index contributed by atoms with van der Waals surface area (Å²) >= 11 is 0. The van der Waals surface area contributed by atoms with Crippen LogP contribution in [0.15, 0.2) is 18.6 Å². The van der Waals surface area contributed by atoms with E-state index in [0.29, 0.717) is 0 Å². The van der Waals surface area contributed by atoms with Gasteiger partial charge in [-0.05, 0) is 30.1 Å². The summed E-state index contributed by atoms with van der Waals surface area (Å²) < 4.78 is 5.26. The third-order valence-electron chi connectivity index (χ3n) is 8.08. The minimum absolute atomic E-state index is 0.0106. The molecule has 1 aromatic rings. The Morgan fingerprint density at radius 2 is 1.76 bits per heavy atom. The molecule has 1 aromatic heterocycles. The first-order valence-electron chi connectivity index (χ1n) is 14.8. The van der Waals surface area contributed by atoms with E-state index in [2.05, 4.69) is 20.6 Å². The van der Waals surface area contributed by atoms with Crippen molar-refractivity contribution in [2.75, 3.05) is 19.7 Å². The van der Waals surface area contributed by atoms with E-state index in [1.165, 1.54) is 23.5 Å². The Kier molecular flexibility index (Phi) is 11.4. The lowest BCUT2D eigenvalue weighted by Gasteiger charge is -2.34. The highest BCUT2D eigenvalue weighted by Gasteiger charge is 2.44. The standard InChI is InChI=1S/C30H45N5O7/c1-18(2)17-42-29(41)35-15-20(28(39)40)23(16-35)33-26(37)21(30(3,4)5)13-24(36)25(19-9-7-6-8-10-19)34-27(38)22-14-31-11-12-32-22/h11-12,14,18-21,23,25H,6-10,13,15-17H2,1-5H3,(H,33,37)(H,34,38)(H,39,40)/t20-,21-,23+,25+/m1/s1. The molecule has 232 valence electrons. The van der Waals surface area contributed by atoms with Crippen LogP contribution < -0.4 is 10.6 Å². The number of carbonyl (C=O) groups excluding carboxylic acids is 4. The number of aliphatic carboxylic acids is 1. The summed E-state index contributed by atoms with van der Waals surface area (Å²) in [5.74, 6) is -4.11. The second kappa shape index (κ2) is 14.6. The number of ether oxygens (including phenoxy) is 1. The van der Waals surface area contributed by atoms with E-state index in [1.54, 1.807) is 0 Å². The average Bonchev–Trinajstić information content (AvgIpc) is 3.37. The Bertz CT molecular complexity index is 1110. The number of ketones is 1. The number of carbonyl (C=O) groups is 5. The molecule has 1 aliphatic carbocycles. The number of aromatic nitrogens is 2. The van der Waals surface area contributed by atoms with Crippen LogP contribution in [0.3, 0.4) is 0 Å². The van der Waals surface area contributed by atoms with Gasteiger partial charge in [0, 0.05) is 37.8 Å². The number of Topliss-reactive ketones (excluding diaryl/α,β-unsaturated/α-hetero) is 1. The molecule has 12 nitrogen and oxygen atoms in total. The highest BCUT2D eigenvalue weighted by Crippen LogP contribution is 2.33. The second-order valence-electron chi connectivity index (χ2n) is 13.0. The lowest BCUT2D eigenvalue weighted by molar-refractivity contribution is -0.142. The normalized spacial score (nSPS) is 21.0. The van der Waals surface area contributed by atoms with Crippen molar-refractivity contribution in [3.8, 4) is 0 Å². The smallest absolute Gasteiger partial charge is 0.409 e. The number of nitrogens with zero attached hydrogens (tertiary/aromatic N) is 3. The maximum Gasteiger partial charge on any atom is 0.409 e. The fraction of sp³-hybridized carbons (Fsp3) is 0.700. The van der Waals surface area contributed by atoms with E-state index in [9.17, 15) is 29.1 Å². The van der Waals surface area contributed by atoms with Gasteiger partial charge in [-0.3, -0.25) is 24.2 Å². The molecule has 2 fully saturated rings. The summed E-state index contributed by atoms with van der Waals surface area (Å²) in [4.78, 5) is 74.3. The molecule has 2 aliphatic rings. The summed E-state index contributed by atoms with van der Waals surface area (Å²) in [7, 11) is 0. The fourth-order valence-electron chi connectivity index (χ4n) is 5.64. The number of carboxylic acids is 1. The first kappa shape index (κ1) is 32.9. The van der Waals surface area contributed by atoms with Gasteiger partial charge in [-0.15, -0.1) is 0 Å². The van der Waals surface area contributed by atoms with E-state index >= 15 is 0 Å². The van der Waals surface area contributed by atoms with Gasteiger partial charge >= 0.3 is 12.1 Å². The predicted octanol–water partition coefficient (Wildman–Crippen LogP) is 3.07. The third kappa shape index (κ3) is 8.96. The van der Waals surface area contributed by atoms with Crippen molar-refractivity contribution in [2.24, 2.45) is 29.1 Å². The van der Waals surface area contributed by atoms with E-state index in [4.69, 9.17) is 4.74 Å². The first-order valence-corrected chi connectivity index (χ1v) is 14.8. The van der Waals surface area contributed by atoms with Crippen LogP contribution >= 0.6 is 0 Å². The van der Waals surface area contributed by atoms with Gasteiger partial charge in [0.1, 0.15) is 5.69 Å². The van der Waals surface area contributed by atoms with Crippen molar-refractivity contribution >= 4 is 29.7 Å².